The molecule has 1 aromatic rings. The van der Waals surface area contributed by atoms with Crippen molar-refractivity contribution >= 4 is 23.5 Å². The van der Waals surface area contributed by atoms with E-state index in [0.717, 1.165) is 0 Å². The van der Waals surface area contributed by atoms with Gasteiger partial charge in [-0.15, -0.1) is 0 Å². The average Bonchev–Trinajstić information content (AvgIpc) is 2.66. The second-order valence-electron chi connectivity index (χ2n) is 7.75. The van der Waals surface area contributed by atoms with E-state index in [2.05, 4.69) is 36.1 Å². The van der Waals surface area contributed by atoms with Crippen LogP contribution in [0.5, 0.6) is 5.75 Å². The molecule has 0 aliphatic carbocycles. The van der Waals surface area contributed by atoms with Crippen LogP contribution in [0.1, 0.15) is 44.0 Å². The maximum Gasteiger partial charge on any atom is 0.328 e. The van der Waals surface area contributed by atoms with E-state index in [1.165, 1.54) is 13.2 Å². The van der Waals surface area contributed by atoms with Crippen LogP contribution in [0.4, 0.5) is 5.69 Å². The minimum absolute atomic E-state index is 0.0262. The highest BCUT2D eigenvalue weighted by atomic mass is 16.5. The molecule has 0 radical (unpaired) electrons. The molecule has 0 aliphatic rings. The first-order chi connectivity index (χ1) is 13.6. The first-order valence-electron chi connectivity index (χ1n) is 9.36. The summed E-state index contributed by atoms with van der Waals surface area (Å²) in [5.74, 6) is -1.37. The van der Waals surface area contributed by atoms with Crippen molar-refractivity contribution in [3.63, 3.8) is 0 Å². The Morgan fingerprint density at radius 1 is 1.24 bits per heavy atom. The van der Waals surface area contributed by atoms with Crippen molar-refractivity contribution in [2.75, 3.05) is 32.2 Å². The van der Waals surface area contributed by atoms with Gasteiger partial charge >= 0.3 is 5.97 Å². The summed E-state index contributed by atoms with van der Waals surface area (Å²) in [5, 5.41) is 14.9. The summed E-state index contributed by atoms with van der Waals surface area (Å²) in [6.45, 7) is 6.80. The Balaban J connectivity index is 3.00. The highest BCUT2D eigenvalue weighted by Crippen LogP contribution is 2.27. The van der Waals surface area contributed by atoms with Gasteiger partial charge in [0.1, 0.15) is 18.4 Å². The molecule has 0 saturated heterocycles. The summed E-state index contributed by atoms with van der Waals surface area (Å²) in [5.41, 5.74) is 6.09. The maximum absolute atomic E-state index is 12.6. The summed E-state index contributed by atoms with van der Waals surface area (Å²) in [4.78, 5) is 35.5. The molecule has 0 spiro atoms. The fourth-order valence-corrected chi connectivity index (χ4v) is 2.36. The monoisotopic (exact) mass is 409 g/mol. The fraction of sp³-hybridized carbons (Fsp3) is 0.550. The molecule has 2 amide bonds. The lowest BCUT2D eigenvalue weighted by Gasteiger charge is -2.22. The number of aliphatic hydroxyl groups excluding tert-OH is 1. The fourth-order valence-electron chi connectivity index (χ4n) is 2.36. The number of primary amides is 1. The van der Waals surface area contributed by atoms with Crippen LogP contribution in [0.15, 0.2) is 18.2 Å². The van der Waals surface area contributed by atoms with E-state index in [9.17, 15) is 14.4 Å². The molecule has 0 heterocycles. The van der Waals surface area contributed by atoms with Crippen molar-refractivity contribution in [2.24, 2.45) is 11.1 Å². The second-order valence-corrected chi connectivity index (χ2v) is 7.75. The van der Waals surface area contributed by atoms with Gasteiger partial charge in [0, 0.05) is 18.5 Å². The molecule has 1 aromatic carbocycles. The molecule has 9 heteroatoms. The number of benzene rings is 1. The number of carbonyl (C=O) groups excluding carboxylic acids is 3. The molecular weight excluding hydrogens is 378 g/mol. The number of rotatable bonds is 11. The van der Waals surface area contributed by atoms with Gasteiger partial charge in [-0.25, -0.2) is 4.79 Å². The standard InChI is InChI=1S/C20H31N3O6/c1-20(2,3)12-22-14-6-5-13(11-16(14)29-10-9-24)18(26)23-15(19(27)28-4)7-8-17(21)25/h5-6,11,15,22,24H,7-10,12H2,1-4H3,(H2,21,25)(H,23,26). The van der Waals surface area contributed by atoms with E-state index >= 15 is 0 Å². The lowest BCUT2D eigenvalue weighted by atomic mass is 9.97. The summed E-state index contributed by atoms with van der Waals surface area (Å²) in [7, 11) is 1.20. The van der Waals surface area contributed by atoms with Crippen LogP contribution in [0.3, 0.4) is 0 Å². The molecule has 0 fully saturated rings. The third kappa shape index (κ3) is 8.82. The first-order valence-corrected chi connectivity index (χ1v) is 9.36. The van der Waals surface area contributed by atoms with Gasteiger partial charge in [0.15, 0.2) is 0 Å². The van der Waals surface area contributed by atoms with Gasteiger partial charge < -0.3 is 30.9 Å². The lowest BCUT2D eigenvalue weighted by molar-refractivity contribution is -0.143. The summed E-state index contributed by atoms with van der Waals surface area (Å²) in [6, 6.07) is 3.82. The lowest BCUT2D eigenvalue weighted by Crippen LogP contribution is -2.42. The Morgan fingerprint density at radius 3 is 2.48 bits per heavy atom. The third-order valence-corrected chi connectivity index (χ3v) is 3.87. The molecule has 9 nitrogen and oxygen atoms in total. The molecule has 0 bridgehead atoms. The van der Waals surface area contributed by atoms with Crippen molar-refractivity contribution in [1.29, 1.82) is 0 Å². The van der Waals surface area contributed by atoms with Gasteiger partial charge in [0.05, 0.1) is 19.4 Å². The van der Waals surface area contributed by atoms with E-state index in [1.54, 1.807) is 12.1 Å². The number of carbonyl (C=O) groups is 3. The number of hydrogen-bond acceptors (Lipinski definition) is 7. The molecule has 1 rings (SSSR count). The average molecular weight is 409 g/mol. The molecule has 5 N–H and O–H groups in total. The van der Waals surface area contributed by atoms with Crippen molar-refractivity contribution in [3.05, 3.63) is 23.8 Å². The highest BCUT2D eigenvalue weighted by molar-refractivity contribution is 5.97. The number of hydrogen-bond donors (Lipinski definition) is 4. The summed E-state index contributed by atoms with van der Waals surface area (Å²) in [6.07, 6.45) is -0.0343. The van der Waals surface area contributed by atoms with Crippen LogP contribution in [0, 0.1) is 5.41 Å². The Bertz CT molecular complexity index is 715. The van der Waals surface area contributed by atoms with Gasteiger partial charge in [-0.05, 0) is 30.0 Å². The zero-order chi connectivity index (χ0) is 22.0. The topological polar surface area (TPSA) is 140 Å². The number of anilines is 1. The van der Waals surface area contributed by atoms with E-state index in [0.29, 0.717) is 18.0 Å². The molecule has 1 unspecified atom stereocenters. The van der Waals surface area contributed by atoms with Gasteiger partial charge in [0.2, 0.25) is 5.91 Å². The molecule has 0 aromatic heterocycles. The smallest absolute Gasteiger partial charge is 0.328 e. The van der Waals surface area contributed by atoms with Crippen molar-refractivity contribution in [3.8, 4) is 5.75 Å². The van der Waals surface area contributed by atoms with E-state index < -0.39 is 23.8 Å². The molecule has 1 atom stereocenters. The Hall–Kier alpha value is -2.81. The van der Waals surface area contributed by atoms with Gasteiger partial charge in [0.25, 0.3) is 5.91 Å². The number of nitrogens with two attached hydrogens (primary N) is 1. The zero-order valence-electron chi connectivity index (χ0n) is 17.4. The normalized spacial score (nSPS) is 12.0. The summed E-state index contributed by atoms with van der Waals surface area (Å²) >= 11 is 0. The van der Waals surface area contributed by atoms with E-state index in [-0.39, 0.29) is 37.0 Å². The number of amides is 2. The number of methoxy groups -OCH3 is 1. The number of ether oxygens (including phenoxy) is 2. The molecule has 29 heavy (non-hydrogen) atoms. The van der Waals surface area contributed by atoms with Gasteiger partial charge in [-0.2, -0.15) is 0 Å². The molecule has 0 aliphatic heterocycles. The largest absolute Gasteiger partial charge is 0.489 e. The van der Waals surface area contributed by atoms with E-state index in [1.807, 2.05) is 0 Å². The molecular formula is C20H31N3O6. The minimum Gasteiger partial charge on any atom is -0.489 e. The number of esters is 1. The third-order valence-electron chi connectivity index (χ3n) is 3.87. The van der Waals surface area contributed by atoms with Gasteiger partial charge in [-0.3, -0.25) is 9.59 Å². The van der Waals surface area contributed by atoms with Crippen molar-refractivity contribution in [1.82, 2.24) is 5.32 Å². The molecule has 0 saturated carbocycles. The van der Waals surface area contributed by atoms with Crippen LogP contribution in [0.25, 0.3) is 0 Å². The second kappa shape index (κ2) is 11.3. The molecule has 162 valence electrons. The summed E-state index contributed by atoms with van der Waals surface area (Å²) < 4.78 is 10.2. The van der Waals surface area contributed by atoms with Crippen molar-refractivity contribution in [2.45, 2.75) is 39.7 Å². The van der Waals surface area contributed by atoms with Crippen LogP contribution in [-0.4, -0.2) is 55.8 Å². The zero-order valence-corrected chi connectivity index (χ0v) is 17.4. The highest BCUT2D eigenvalue weighted by Gasteiger charge is 2.23. The van der Waals surface area contributed by atoms with Crippen molar-refractivity contribution < 1.29 is 29.0 Å². The predicted octanol–water partition coefficient (Wildman–Crippen LogP) is 1.05. The quantitative estimate of drug-likeness (QED) is 0.401. The van der Waals surface area contributed by atoms with Crippen LogP contribution in [0.2, 0.25) is 0 Å². The number of nitrogens with one attached hydrogen (secondary N) is 2. The minimum atomic E-state index is -1.000. The Morgan fingerprint density at radius 2 is 1.93 bits per heavy atom. The van der Waals surface area contributed by atoms with Crippen LogP contribution in [-0.2, 0) is 14.3 Å². The Kier molecular flexibility index (Phi) is 9.40. The van der Waals surface area contributed by atoms with Crippen LogP contribution < -0.4 is 21.1 Å². The predicted molar refractivity (Wildman–Crippen MR) is 109 cm³/mol. The number of aliphatic hydroxyl groups is 1. The SMILES string of the molecule is COC(=O)C(CCC(N)=O)NC(=O)c1ccc(NCC(C)(C)C)c(OCCO)c1. The van der Waals surface area contributed by atoms with E-state index in [4.69, 9.17) is 15.6 Å². The maximum atomic E-state index is 12.6. The Labute approximate surface area is 170 Å². The van der Waals surface area contributed by atoms with Gasteiger partial charge in [-0.1, -0.05) is 20.8 Å². The first kappa shape index (κ1) is 24.2. The van der Waals surface area contributed by atoms with Crippen LogP contribution >= 0.6 is 0 Å².